The lowest BCUT2D eigenvalue weighted by atomic mass is 9.35. The molecule has 34 heavy (non-hydrogen) atoms. The van der Waals surface area contributed by atoms with Crippen LogP contribution < -0.4 is 0 Å². The second-order valence-corrected chi connectivity index (χ2v) is 15.0. The van der Waals surface area contributed by atoms with Gasteiger partial charge < -0.3 is 15.3 Å². The minimum absolute atomic E-state index is 0.0350. The Labute approximate surface area is 209 Å². The molecule has 0 spiro atoms. The number of aliphatic hydroxyl groups excluding tert-OH is 2. The van der Waals surface area contributed by atoms with E-state index in [0.717, 1.165) is 44.9 Å². The summed E-state index contributed by atoms with van der Waals surface area (Å²) >= 11 is 0. The molecule has 0 heterocycles. The molecule has 3 N–H and O–H groups in total. The maximum Gasteiger partial charge on any atom is 0.0654 e. The molecule has 0 saturated heterocycles. The van der Waals surface area contributed by atoms with Gasteiger partial charge in [-0.15, -0.1) is 0 Å². The zero-order valence-electron chi connectivity index (χ0n) is 23.5. The Morgan fingerprint density at radius 3 is 2.18 bits per heavy atom. The molecule has 0 aromatic carbocycles. The van der Waals surface area contributed by atoms with Gasteiger partial charge in [0, 0.05) is 0 Å². The molecular formula is C31H54O3. The highest BCUT2D eigenvalue weighted by molar-refractivity contribution is 5.20. The Morgan fingerprint density at radius 2 is 1.56 bits per heavy atom. The number of hydrogen-bond acceptors (Lipinski definition) is 3. The molecular weight excluding hydrogens is 420 g/mol. The van der Waals surface area contributed by atoms with Crippen molar-refractivity contribution in [3.63, 3.8) is 0 Å². The van der Waals surface area contributed by atoms with Gasteiger partial charge in [-0.3, -0.25) is 0 Å². The summed E-state index contributed by atoms with van der Waals surface area (Å²) in [6.45, 7) is 22.7. The van der Waals surface area contributed by atoms with Crippen LogP contribution in [0.15, 0.2) is 12.2 Å². The van der Waals surface area contributed by atoms with Gasteiger partial charge in [0.15, 0.2) is 0 Å². The Morgan fingerprint density at radius 1 is 0.941 bits per heavy atom. The Kier molecular flexibility index (Phi) is 6.53. The lowest BCUT2D eigenvalue weighted by Gasteiger charge is -2.70. The van der Waals surface area contributed by atoms with E-state index in [4.69, 9.17) is 0 Å². The first kappa shape index (κ1) is 26.7. The number of allylic oxidation sites excluding steroid dienone is 1. The molecule has 4 aliphatic carbocycles. The first-order valence-electron chi connectivity index (χ1n) is 14.3. The summed E-state index contributed by atoms with van der Waals surface area (Å²) in [7, 11) is 0. The van der Waals surface area contributed by atoms with E-state index >= 15 is 0 Å². The van der Waals surface area contributed by atoms with Gasteiger partial charge in [0.1, 0.15) is 0 Å². The van der Waals surface area contributed by atoms with Gasteiger partial charge in [-0.2, -0.15) is 0 Å². The van der Waals surface area contributed by atoms with E-state index in [9.17, 15) is 15.3 Å². The number of aliphatic hydroxyl groups is 3. The molecule has 4 fully saturated rings. The van der Waals surface area contributed by atoms with Crippen LogP contribution in [0.3, 0.4) is 0 Å². The van der Waals surface area contributed by atoms with E-state index in [1.165, 1.54) is 18.4 Å². The maximum absolute atomic E-state index is 11.8. The summed E-state index contributed by atoms with van der Waals surface area (Å²) in [5.41, 5.74) is 0.714. The lowest BCUT2D eigenvalue weighted by Crippen LogP contribution is -2.66. The predicted molar refractivity (Wildman–Crippen MR) is 140 cm³/mol. The van der Waals surface area contributed by atoms with Gasteiger partial charge >= 0.3 is 0 Å². The van der Waals surface area contributed by atoms with E-state index in [1.807, 2.05) is 6.92 Å². The normalized spacial score (nSPS) is 49.6. The Balaban J connectivity index is 1.64. The predicted octanol–water partition coefficient (Wildman–Crippen LogP) is 6.75. The Hall–Kier alpha value is -0.380. The van der Waals surface area contributed by atoms with Crippen LogP contribution in [-0.2, 0) is 0 Å². The summed E-state index contributed by atoms with van der Waals surface area (Å²) in [4.78, 5) is 0. The largest absolute Gasteiger partial charge is 0.393 e. The van der Waals surface area contributed by atoms with Gasteiger partial charge in [0.2, 0.25) is 0 Å². The summed E-state index contributed by atoms with van der Waals surface area (Å²) < 4.78 is 0. The Bertz CT molecular complexity index is 798. The zero-order valence-corrected chi connectivity index (χ0v) is 23.5. The van der Waals surface area contributed by atoms with Crippen molar-refractivity contribution in [3.8, 4) is 0 Å². The standard InChI is InChI=1S/C31H54O3/c1-19(2)20(3)10-17-31(9,34)21-11-15-30(8)26(21)22(32)18-24-28(6)14-13-25(33)27(4,5)23(28)12-16-29(24,30)7/h19,21-26,32-34H,3,10-18H2,1-2,4-9H3. The second kappa shape index (κ2) is 8.32. The van der Waals surface area contributed by atoms with Gasteiger partial charge in [-0.05, 0) is 116 Å². The topological polar surface area (TPSA) is 60.7 Å². The van der Waals surface area contributed by atoms with Crippen molar-refractivity contribution in [1.82, 2.24) is 0 Å². The third kappa shape index (κ3) is 3.61. The number of hydrogen-bond donors (Lipinski definition) is 3. The van der Waals surface area contributed by atoms with Crippen LogP contribution in [0.2, 0.25) is 0 Å². The zero-order chi connectivity index (χ0) is 25.5. The molecule has 10 unspecified atom stereocenters. The first-order valence-corrected chi connectivity index (χ1v) is 14.3. The molecule has 10 atom stereocenters. The summed E-state index contributed by atoms with van der Waals surface area (Å²) in [6.07, 6.45) is 8.24. The van der Waals surface area contributed by atoms with E-state index in [0.29, 0.717) is 17.8 Å². The van der Waals surface area contributed by atoms with Crippen LogP contribution in [0.5, 0.6) is 0 Å². The van der Waals surface area contributed by atoms with Gasteiger partial charge in [0.05, 0.1) is 17.8 Å². The third-order valence-electron chi connectivity index (χ3n) is 12.9. The fraction of sp³-hybridized carbons (Fsp3) is 0.935. The molecule has 0 aromatic heterocycles. The molecule has 0 radical (unpaired) electrons. The van der Waals surface area contributed by atoms with Crippen molar-refractivity contribution < 1.29 is 15.3 Å². The quantitative estimate of drug-likeness (QED) is 0.386. The summed E-state index contributed by atoms with van der Waals surface area (Å²) in [6, 6.07) is 0. The molecule has 196 valence electrons. The molecule has 4 saturated carbocycles. The molecule has 0 bridgehead atoms. The van der Waals surface area contributed by atoms with Crippen LogP contribution >= 0.6 is 0 Å². The van der Waals surface area contributed by atoms with Crippen molar-refractivity contribution in [2.45, 2.75) is 131 Å². The minimum atomic E-state index is -0.775. The third-order valence-corrected chi connectivity index (χ3v) is 12.9. The number of fused-ring (bicyclic) bond motifs is 5. The van der Waals surface area contributed by atoms with Crippen LogP contribution in [0.4, 0.5) is 0 Å². The molecule has 3 nitrogen and oxygen atoms in total. The fourth-order valence-electron chi connectivity index (χ4n) is 10.3. The molecule has 0 amide bonds. The van der Waals surface area contributed by atoms with Crippen molar-refractivity contribution in [2.24, 2.45) is 51.2 Å². The average Bonchev–Trinajstić information content (AvgIpc) is 3.12. The molecule has 4 rings (SSSR count). The van der Waals surface area contributed by atoms with E-state index in [2.05, 4.69) is 55.0 Å². The molecule has 4 aliphatic rings. The maximum atomic E-state index is 11.8. The van der Waals surface area contributed by atoms with Gasteiger partial charge in [-0.25, -0.2) is 0 Å². The van der Waals surface area contributed by atoms with Crippen molar-refractivity contribution in [1.29, 1.82) is 0 Å². The van der Waals surface area contributed by atoms with Crippen molar-refractivity contribution in [2.75, 3.05) is 0 Å². The lowest BCUT2D eigenvalue weighted by molar-refractivity contribution is -0.246. The number of rotatable bonds is 5. The van der Waals surface area contributed by atoms with E-state index < -0.39 is 5.60 Å². The van der Waals surface area contributed by atoms with Crippen LogP contribution in [-0.4, -0.2) is 33.1 Å². The second-order valence-electron chi connectivity index (χ2n) is 15.0. The summed E-state index contributed by atoms with van der Waals surface area (Å²) in [5.74, 6) is 1.69. The first-order chi connectivity index (χ1) is 15.5. The molecule has 3 heteroatoms. The highest BCUT2D eigenvalue weighted by Crippen LogP contribution is 2.75. The molecule has 0 aromatic rings. The van der Waals surface area contributed by atoms with Crippen molar-refractivity contribution in [3.05, 3.63) is 12.2 Å². The SMILES string of the molecule is C=C(CCC(C)(O)C1CCC2(C)C1C(O)CC1C3(C)CCC(O)C(C)(C)C3CCC12C)C(C)C. The van der Waals surface area contributed by atoms with Gasteiger partial charge in [0.25, 0.3) is 0 Å². The van der Waals surface area contributed by atoms with Crippen LogP contribution in [0, 0.1) is 51.2 Å². The highest BCUT2D eigenvalue weighted by Gasteiger charge is 2.71. The monoisotopic (exact) mass is 474 g/mol. The minimum Gasteiger partial charge on any atom is -0.393 e. The highest BCUT2D eigenvalue weighted by atomic mass is 16.3. The fourth-order valence-corrected chi connectivity index (χ4v) is 10.3. The van der Waals surface area contributed by atoms with Crippen LogP contribution in [0.1, 0.15) is 113 Å². The van der Waals surface area contributed by atoms with Crippen LogP contribution in [0.25, 0.3) is 0 Å². The van der Waals surface area contributed by atoms with E-state index in [-0.39, 0.29) is 45.7 Å². The molecule has 0 aliphatic heterocycles. The summed E-state index contributed by atoms with van der Waals surface area (Å²) in [5, 5.41) is 34.4. The average molecular weight is 475 g/mol. The van der Waals surface area contributed by atoms with Crippen molar-refractivity contribution >= 4 is 0 Å². The van der Waals surface area contributed by atoms with Gasteiger partial charge in [-0.1, -0.05) is 60.6 Å². The van der Waals surface area contributed by atoms with E-state index in [1.54, 1.807) is 0 Å². The smallest absolute Gasteiger partial charge is 0.0654 e.